The van der Waals surface area contributed by atoms with Crippen molar-refractivity contribution in [1.29, 1.82) is 0 Å². The van der Waals surface area contributed by atoms with Crippen LogP contribution < -0.4 is 0 Å². The lowest BCUT2D eigenvalue weighted by molar-refractivity contribution is -0.131. The highest BCUT2D eigenvalue weighted by Gasteiger charge is 2.33. The number of likely N-dealkylation sites (N-methyl/N-ethyl adjacent to an activating group) is 1. The molecule has 2 aliphatic heterocycles. The highest BCUT2D eigenvalue weighted by atomic mass is 32.1. The summed E-state index contributed by atoms with van der Waals surface area (Å²) in [6.07, 6.45) is 2.74. The van der Waals surface area contributed by atoms with Gasteiger partial charge in [0.25, 0.3) is 5.91 Å². The van der Waals surface area contributed by atoms with Gasteiger partial charge in [0.1, 0.15) is 4.83 Å². The van der Waals surface area contributed by atoms with Crippen molar-refractivity contribution in [1.82, 2.24) is 19.7 Å². The van der Waals surface area contributed by atoms with Gasteiger partial charge >= 0.3 is 0 Å². The van der Waals surface area contributed by atoms with E-state index < -0.39 is 0 Å². The van der Waals surface area contributed by atoms with Crippen LogP contribution in [-0.4, -0.2) is 90.5 Å². The normalized spacial score (nSPS) is 20.1. The van der Waals surface area contributed by atoms with Gasteiger partial charge < -0.3 is 14.5 Å². The number of aromatic nitrogens is 1. The van der Waals surface area contributed by atoms with Crippen LogP contribution in [0.4, 0.5) is 0 Å². The number of likely N-dealkylation sites (tertiary alicyclic amines) is 1. The van der Waals surface area contributed by atoms with Crippen LogP contribution in [-0.2, 0) is 9.53 Å². The number of pyridine rings is 1. The average Bonchev–Trinajstić information content (AvgIpc) is 3.38. The topological polar surface area (TPSA) is 66.0 Å². The van der Waals surface area contributed by atoms with Crippen LogP contribution in [0, 0.1) is 0 Å². The monoisotopic (exact) mass is 430 g/mol. The Morgan fingerprint density at radius 1 is 1.23 bits per heavy atom. The molecule has 7 nitrogen and oxygen atoms in total. The summed E-state index contributed by atoms with van der Waals surface area (Å²) in [7, 11) is 0. The number of morpholine rings is 1. The van der Waals surface area contributed by atoms with Gasteiger partial charge in [-0.25, -0.2) is 4.98 Å². The number of carbonyl (C=O) groups is 2. The number of thiophene rings is 1. The molecule has 8 heteroatoms. The van der Waals surface area contributed by atoms with Gasteiger partial charge in [0.2, 0.25) is 5.91 Å². The number of carbonyl (C=O) groups excluding carboxylic acids is 2. The first-order valence-electron chi connectivity index (χ1n) is 10.9. The number of nitrogens with zero attached hydrogens (tertiary/aromatic N) is 4. The van der Waals surface area contributed by atoms with Gasteiger partial charge in [0.15, 0.2) is 0 Å². The van der Waals surface area contributed by atoms with Crippen LogP contribution in [0.25, 0.3) is 10.2 Å². The number of hydrogen-bond acceptors (Lipinski definition) is 6. The molecule has 2 fully saturated rings. The summed E-state index contributed by atoms with van der Waals surface area (Å²) in [6, 6.07) is 4.02. The van der Waals surface area contributed by atoms with Crippen molar-refractivity contribution in [2.45, 2.75) is 26.2 Å². The van der Waals surface area contributed by atoms with Gasteiger partial charge in [-0.05, 0) is 38.4 Å². The third kappa shape index (κ3) is 4.22. The molecule has 1 unspecified atom stereocenters. The molecule has 2 aromatic heterocycles. The van der Waals surface area contributed by atoms with Gasteiger partial charge in [0, 0.05) is 50.2 Å². The van der Waals surface area contributed by atoms with Crippen molar-refractivity contribution in [2.24, 2.45) is 0 Å². The van der Waals surface area contributed by atoms with Crippen LogP contribution in [0.5, 0.6) is 0 Å². The van der Waals surface area contributed by atoms with E-state index in [1.807, 2.05) is 29.7 Å². The van der Waals surface area contributed by atoms with E-state index in [1.54, 1.807) is 6.20 Å². The Hall–Kier alpha value is -2.03. The fourth-order valence-electron chi connectivity index (χ4n) is 4.50. The van der Waals surface area contributed by atoms with Crippen molar-refractivity contribution in [3.05, 3.63) is 28.8 Å². The molecule has 2 saturated heterocycles. The van der Waals surface area contributed by atoms with E-state index in [9.17, 15) is 9.59 Å². The molecular formula is C22H30N4O3S. The van der Waals surface area contributed by atoms with Crippen molar-refractivity contribution < 1.29 is 14.3 Å². The maximum absolute atomic E-state index is 13.4. The minimum atomic E-state index is 0.0916. The Balaban J connectivity index is 1.57. The summed E-state index contributed by atoms with van der Waals surface area (Å²) in [5.41, 5.74) is 1.12. The summed E-state index contributed by atoms with van der Waals surface area (Å²) in [6.45, 7) is 10.1. The Kier molecular flexibility index (Phi) is 6.65. The molecule has 0 N–H and O–H groups in total. The lowest BCUT2D eigenvalue weighted by Gasteiger charge is -2.27. The average molecular weight is 431 g/mol. The fraction of sp³-hybridized carbons (Fsp3) is 0.591. The predicted octanol–water partition coefficient (Wildman–Crippen LogP) is 2.43. The van der Waals surface area contributed by atoms with E-state index >= 15 is 0 Å². The second-order valence-corrected chi connectivity index (χ2v) is 8.89. The summed E-state index contributed by atoms with van der Waals surface area (Å²) < 4.78 is 5.42. The first kappa shape index (κ1) is 21.2. The molecule has 0 radical (unpaired) electrons. The smallest absolute Gasteiger partial charge is 0.264 e. The number of rotatable bonds is 6. The van der Waals surface area contributed by atoms with E-state index in [-0.39, 0.29) is 17.7 Å². The molecule has 162 valence electrons. The Morgan fingerprint density at radius 3 is 2.73 bits per heavy atom. The second kappa shape index (κ2) is 9.41. The van der Waals surface area contributed by atoms with Crippen LogP contribution >= 0.6 is 11.3 Å². The van der Waals surface area contributed by atoms with Crippen molar-refractivity contribution in [2.75, 3.05) is 59.0 Å². The Labute approximate surface area is 181 Å². The minimum absolute atomic E-state index is 0.0916. The second-order valence-electron chi connectivity index (χ2n) is 7.89. The standard InChI is InChI=1S/C22H30N4O3S/c1-3-25(4-2)18(27)15-24-9-7-16(14-24)19-17-6-5-8-23-21(17)30-20(19)22(28)26-10-12-29-13-11-26/h5-6,8,16H,3-4,7,9-15H2,1-2H3. The van der Waals surface area contributed by atoms with Crippen LogP contribution in [0.15, 0.2) is 18.3 Å². The first-order valence-corrected chi connectivity index (χ1v) is 11.7. The minimum Gasteiger partial charge on any atom is -0.378 e. The van der Waals surface area contributed by atoms with E-state index in [0.29, 0.717) is 32.8 Å². The molecule has 4 rings (SSSR count). The van der Waals surface area contributed by atoms with E-state index in [0.717, 1.165) is 53.3 Å². The molecule has 2 aromatic rings. The summed E-state index contributed by atoms with van der Waals surface area (Å²) >= 11 is 1.50. The third-order valence-corrected chi connectivity index (χ3v) is 7.27. The summed E-state index contributed by atoms with van der Waals surface area (Å²) in [4.78, 5) is 38.2. The molecule has 4 heterocycles. The molecule has 0 aliphatic carbocycles. The van der Waals surface area contributed by atoms with Crippen LogP contribution in [0.3, 0.4) is 0 Å². The quantitative estimate of drug-likeness (QED) is 0.704. The fourth-order valence-corrected chi connectivity index (χ4v) is 5.70. The first-order chi connectivity index (χ1) is 14.6. The Morgan fingerprint density at radius 2 is 2.00 bits per heavy atom. The lowest BCUT2D eigenvalue weighted by Crippen LogP contribution is -2.41. The maximum atomic E-state index is 13.4. The summed E-state index contributed by atoms with van der Waals surface area (Å²) in [5.74, 6) is 0.517. The largest absolute Gasteiger partial charge is 0.378 e. The van der Waals surface area contributed by atoms with Gasteiger partial charge in [-0.2, -0.15) is 0 Å². The molecule has 0 bridgehead atoms. The van der Waals surface area contributed by atoms with Gasteiger partial charge in [-0.3, -0.25) is 14.5 Å². The van der Waals surface area contributed by atoms with Crippen molar-refractivity contribution in [3.8, 4) is 0 Å². The molecular weight excluding hydrogens is 400 g/mol. The Bertz CT molecular complexity index is 905. The number of fused-ring (bicyclic) bond motifs is 1. The number of ether oxygens (including phenoxy) is 1. The predicted molar refractivity (Wildman–Crippen MR) is 118 cm³/mol. The molecule has 30 heavy (non-hydrogen) atoms. The van der Waals surface area contributed by atoms with E-state index in [2.05, 4.69) is 16.0 Å². The zero-order chi connectivity index (χ0) is 21.1. The molecule has 2 aliphatic rings. The van der Waals surface area contributed by atoms with Crippen LogP contribution in [0.2, 0.25) is 0 Å². The maximum Gasteiger partial charge on any atom is 0.264 e. The third-order valence-electron chi connectivity index (χ3n) is 6.15. The number of hydrogen-bond donors (Lipinski definition) is 0. The van der Waals surface area contributed by atoms with Crippen molar-refractivity contribution >= 4 is 33.4 Å². The van der Waals surface area contributed by atoms with Crippen LogP contribution in [0.1, 0.15) is 41.4 Å². The van der Waals surface area contributed by atoms with Gasteiger partial charge in [-0.15, -0.1) is 11.3 Å². The molecule has 0 aromatic carbocycles. The molecule has 2 amide bonds. The highest BCUT2D eigenvalue weighted by Crippen LogP contribution is 2.40. The van der Waals surface area contributed by atoms with Gasteiger partial charge in [-0.1, -0.05) is 6.07 Å². The zero-order valence-corrected chi connectivity index (χ0v) is 18.6. The summed E-state index contributed by atoms with van der Waals surface area (Å²) in [5, 5.41) is 1.08. The highest BCUT2D eigenvalue weighted by molar-refractivity contribution is 7.20. The van der Waals surface area contributed by atoms with Crippen molar-refractivity contribution in [3.63, 3.8) is 0 Å². The molecule has 0 saturated carbocycles. The lowest BCUT2D eigenvalue weighted by atomic mass is 9.95. The molecule has 0 spiro atoms. The van der Waals surface area contributed by atoms with E-state index in [1.165, 1.54) is 11.3 Å². The zero-order valence-electron chi connectivity index (χ0n) is 17.8. The number of amides is 2. The molecule has 1 atom stereocenters. The van der Waals surface area contributed by atoms with E-state index in [4.69, 9.17) is 4.74 Å². The SMILES string of the molecule is CCN(CC)C(=O)CN1CCC(c2c(C(=O)N3CCOCC3)sc3ncccc23)C1. The van der Waals surface area contributed by atoms with Gasteiger partial charge in [0.05, 0.1) is 24.6 Å².